The molecule has 19 heavy (non-hydrogen) atoms. The number of methoxy groups -OCH3 is 1. The first kappa shape index (κ1) is 13.8. The van der Waals surface area contributed by atoms with Crippen LogP contribution in [-0.2, 0) is 0 Å². The van der Waals surface area contributed by atoms with Gasteiger partial charge in [0.25, 0.3) is 0 Å². The quantitative estimate of drug-likeness (QED) is 0.937. The zero-order valence-corrected chi connectivity index (χ0v) is 11.4. The van der Waals surface area contributed by atoms with Crippen LogP contribution >= 0.6 is 12.4 Å². The molecule has 1 N–H and O–H groups in total. The van der Waals surface area contributed by atoms with Crippen LogP contribution < -0.4 is 10.1 Å². The Hall–Kier alpha value is -1.59. The van der Waals surface area contributed by atoms with Crippen LogP contribution in [0.15, 0.2) is 28.8 Å². The number of halogens is 1. The molecule has 1 fully saturated rings. The molecule has 0 radical (unpaired) electrons. The van der Waals surface area contributed by atoms with E-state index in [1.165, 1.54) is 0 Å². The summed E-state index contributed by atoms with van der Waals surface area (Å²) in [6.07, 6.45) is 2.21. The van der Waals surface area contributed by atoms with E-state index in [1.54, 1.807) is 7.11 Å². The van der Waals surface area contributed by atoms with E-state index in [0.717, 1.165) is 30.7 Å². The van der Waals surface area contributed by atoms with Gasteiger partial charge in [0.2, 0.25) is 11.7 Å². The Balaban J connectivity index is 0.00000133. The molecule has 1 aromatic carbocycles. The van der Waals surface area contributed by atoms with Crippen molar-refractivity contribution in [2.45, 2.75) is 18.9 Å². The van der Waals surface area contributed by atoms with Gasteiger partial charge in [0, 0.05) is 5.56 Å². The summed E-state index contributed by atoms with van der Waals surface area (Å²) < 4.78 is 10.5. The van der Waals surface area contributed by atoms with E-state index in [1.807, 2.05) is 24.3 Å². The van der Waals surface area contributed by atoms with Gasteiger partial charge in [-0.3, -0.25) is 0 Å². The van der Waals surface area contributed by atoms with Crippen molar-refractivity contribution < 1.29 is 9.26 Å². The minimum absolute atomic E-state index is 0. The molecule has 0 bridgehead atoms. The van der Waals surface area contributed by atoms with Gasteiger partial charge in [0.1, 0.15) is 5.75 Å². The van der Waals surface area contributed by atoms with Gasteiger partial charge in [-0.15, -0.1) is 12.4 Å². The molecule has 0 spiro atoms. The van der Waals surface area contributed by atoms with Crippen LogP contribution in [0.1, 0.15) is 24.8 Å². The Kier molecular flexibility index (Phi) is 4.39. The smallest absolute Gasteiger partial charge is 0.244 e. The molecule has 1 aromatic heterocycles. The molecule has 0 amide bonds. The molecule has 2 heterocycles. The molecule has 1 aliphatic rings. The maximum atomic E-state index is 5.31. The average Bonchev–Trinajstić information content (AvgIpc) is 3.09. The lowest BCUT2D eigenvalue weighted by atomic mass is 10.2. The summed E-state index contributed by atoms with van der Waals surface area (Å²) in [5.74, 6) is 2.07. The van der Waals surface area contributed by atoms with Gasteiger partial charge in [-0.05, 0) is 31.5 Å². The summed E-state index contributed by atoms with van der Waals surface area (Å²) in [4.78, 5) is 4.44. The van der Waals surface area contributed by atoms with Crippen LogP contribution in [0.3, 0.4) is 0 Å². The van der Waals surface area contributed by atoms with Gasteiger partial charge < -0.3 is 14.6 Å². The first-order valence-corrected chi connectivity index (χ1v) is 6.08. The second kappa shape index (κ2) is 6.04. The Labute approximate surface area is 117 Å². The van der Waals surface area contributed by atoms with Crippen LogP contribution in [-0.4, -0.2) is 23.8 Å². The third kappa shape index (κ3) is 2.88. The van der Waals surface area contributed by atoms with Crippen molar-refractivity contribution in [1.82, 2.24) is 15.5 Å². The van der Waals surface area contributed by atoms with E-state index in [-0.39, 0.29) is 18.4 Å². The largest absolute Gasteiger partial charge is 0.497 e. The van der Waals surface area contributed by atoms with Gasteiger partial charge in [0.05, 0.1) is 13.2 Å². The SMILES string of the molecule is COc1cccc(-c2noc([C@@H]3CCCN3)n2)c1.Cl. The lowest BCUT2D eigenvalue weighted by Crippen LogP contribution is -2.12. The van der Waals surface area contributed by atoms with E-state index in [9.17, 15) is 0 Å². The minimum atomic E-state index is 0. The second-order valence-electron chi connectivity index (χ2n) is 4.34. The number of nitrogens with one attached hydrogen (secondary N) is 1. The summed E-state index contributed by atoms with van der Waals surface area (Å²) in [6.45, 7) is 1.02. The normalized spacial score (nSPS) is 18.1. The molecule has 1 aliphatic heterocycles. The Morgan fingerprint density at radius 3 is 3.05 bits per heavy atom. The highest BCUT2D eigenvalue weighted by Gasteiger charge is 2.22. The van der Waals surface area contributed by atoms with Crippen molar-refractivity contribution in [1.29, 1.82) is 0 Å². The Morgan fingerprint density at radius 1 is 1.42 bits per heavy atom. The van der Waals surface area contributed by atoms with Gasteiger partial charge in [-0.2, -0.15) is 4.98 Å². The van der Waals surface area contributed by atoms with Crippen molar-refractivity contribution in [3.8, 4) is 17.1 Å². The lowest BCUT2D eigenvalue weighted by molar-refractivity contribution is 0.345. The molecule has 0 unspecified atom stereocenters. The molecule has 2 aromatic rings. The Bertz CT molecular complexity index is 538. The van der Waals surface area contributed by atoms with Crippen LogP contribution in [0.25, 0.3) is 11.4 Å². The van der Waals surface area contributed by atoms with Crippen molar-refractivity contribution in [2.75, 3.05) is 13.7 Å². The number of benzene rings is 1. The summed E-state index contributed by atoms with van der Waals surface area (Å²) in [7, 11) is 1.64. The maximum absolute atomic E-state index is 5.31. The molecule has 6 heteroatoms. The lowest BCUT2D eigenvalue weighted by Gasteiger charge is -2.02. The second-order valence-corrected chi connectivity index (χ2v) is 4.34. The highest BCUT2D eigenvalue weighted by atomic mass is 35.5. The average molecular weight is 282 g/mol. The molecule has 3 rings (SSSR count). The van der Waals surface area contributed by atoms with E-state index in [0.29, 0.717) is 11.7 Å². The summed E-state index contributed by atoms with van der Waals surface area (Å²) in [5.41, 5.74) is 0.905. The number of aromatic nitrogens is 2. The monoisotopic (exact) mass is 281 g/mol. The number of rotatable bonds is 3. The number of nitrogens with zero attached hydrogens (tertiary/aromatic N) is 2. The predicted octanol–water partition coefficient (Wildman–Crippen LogP) is 2.59. The van der Waals surface area contributed by atoms with Crippen molar-refractivity contribution in [3.63, 3.8) is 0 Å². The van der Waals surface area contributed by atoms with E-state index in [4.69, 9.17) is 9.26 Å². The molecule has 0 aliphatic carbocycles. The van der Waals surface area contributed by atoms with Crippen LogP contribution in [0, 0.1) is 0 Å². The zero-order valence-electron chi connectivity index (χ0n) is 10.6. The number of hydrogen-bond donors (Lipinski definition) is 1. The molecular formula is C13H16ClN3O2. The minimum Gasteiger partial charge on any atom is -0.497 e. The first-order chi connectivity index (χ1) is 8.86. The van der Waals surface area contributed by atoms with Crippen molar-refractivity contribution >= 4 is 12.4 Å². The van der Waals surface area contributed by atoms with E-state index >= 15 is 0 Å². The van der Waals surface area contributed by atoms with Crippen LogP contribution in [0.2, 0.25) is 0 Å². The third-order valence-electron chi connectivity index (χ3n) is 3.13. The number of ether oxygens (including phenoxy) is 1. The zero-order chi connectivity index (χ0) is 12.4. The van der Waals surface area contributed by atoms with Gasteiger partial charge in [-0.1, -0.05) is 17.3 Å². The summed E-state index contributed by atoms with van der Waals surface area (Å²) in [6, 6.07) is 7.86. The highest BCUT2D eigenvalue weighted by molar-refractivity contribution is 5.85. The maximum Gasteiger partial charge on any atom is 0.244 e. The molecule has 5 nitrogen and oxygen atoms in total. The van der Waals surface area contributed by atoms with Crippen LogP contribution in [0.5, 0.6) is 5.75 Å². The first-order valence-electron chi connectivity index (χ1n) is 6.08. The van der Waals surface area contributed by atoms with Crippen molar-refractivity contribution in [3.05, 3.63) is 30.2 Å². The fourth-order valence-electron chi connectivity index (χ4n) is 2.15. The molecule has 1 saturated heterocycles. The van der Waals surface area contributed by atoms with E-state index in [2.05, 4.69) is 15.5 Å². The molecule has 0 saturated carbocycles. The molecule has 102 valence electrons. The highest BCUT2D eigenvalue weighted by Crippen LogP contribution is 2.25. The molecule has 1 atom stereocenters. The van der Waals surface area contributed by atoms with Crippen molar-refractivity contribution in [2.24, 2.45) is 0 Å². The fraction of sp³-hybridized carbons (Fsp3) is 0.385. The Morgan fingerprint density at radius 2 is 2.32 bits per heavy atom. The third-order valence-corrected chi connectivity index (χ3v) is 3.13. The summed E-state index contributed by atoms with van der Waals surface area (Å²) >= 11 is 0. The van der Waals surface area contributed by atoms with Gasteiger partial charge in [-0.25, -0.2) is 0 Å². The molecular weight excluding hydrogens is 266 g/mol. The topological polar surface area (TPSA) is 60.2 Å². The van der Waals surface area contributed by atoms with Crippen LogP contribution in [0.4, 0.5) is 0 Å². The van der Waals surface area contributed by atoms with Gasteiger partial charge >= 0.3 is 0 Å². The number of hydrogen-bond acceptors (Lipinski definition) is 5. The summed E-state index contributed by atoms with van der Waals surface area (Å²) in [5, 5.41) is 7.36. The van der Waals surface area contributed by atoms with Gasteiger partial charge in [0.15, 0.2) is 0 Å². The fourth-order valence-corrected chi connectivity index (χ4v) is 2.15. The predicted molar refractivity (Wildman–Crippen MR) is 73.5 cm³/mol. The van der Waals surface area contributed by atoms with E-state index < -0.39 is 0 Å². The standard InChI is InChI=1S/C13H15N3O2.ClH/c1-17-10-5-2-4-9(8-10)12-15-13(18-16-12)11-6-3-7-14-11;/h2,4-5,8,11,14H,3,6-7H2,1H3;1H/t11-;/m0./s1.